The average Bonchev–Trinajstić information content (AvgIpc) is 2.85. The number of allylic oxidation sites excluding steroid dienone is 2. The Labute approximate surface area is 142 Å². The van der Waals surface area contributed by atoms with Crippen LogP contribution in [0.1, 0.15) is 5.56 Å². The van der Waals surface area contributed by atoms with E-state index in [9.17, 15) is 9.59 Å². The van der Waals surface area contributed by atoms with Gasteiger partial charge in [0.05, 0.1) is 5.69 Å². The Morgan fingerprint density at radius 3 is 2.39 bits per heavy atom. The quantitative estimate of drug-likeness (QED) is 0.666. The first-order chi connectivity index (χ1) is 11.2. The third-order valence-corrected chi connectivity index (χ3v) is 4.07. The Bertz CT molecular complexity index is 813. The summed E-state index contributed by atoms with van der Waals surface area (Å²) in [5.41, 5.74) is 4.27. The van der Waals surface area contributed by atoms with E-state index in [0.29, 0.717) is 5.69 Å². The lowest BCUT2D eigenvalue weighted by Gasteiger charge is -2.13. The van der Waals surface area contributed by atoms with E-state index >= 15 is 0 Å². The van der Waals surface area contributed by atoms with E-state index in [2.05, 4.69) is 21.4 Å². The van der Waals surface area contributed by atoms with Crippen LogP contribution < -0.4 is 10.4 Å². The molecular formula is C18H13BrN2O2. The number of benzene rings is 2. The Kier molecular flexibility index (Phi) is 4.39. The number of rotatable bonds is 3. The molecule has 3 rings (SSSR count). The zero-order valence-electron chi connectivity index (χ0n) is 12.1. The summed E-state index contributed by atoms with van der Waals surface area (Å²) >= 11 is 3.45. The molecule has 0 atom stereocenters. The molecule has 0 aromatic heterocycles. The van der Waals surface area contributed by atoms with E-state index in [1.54, 1.807) is 18.2 Å². The van der Waals surface area contributed by atoms with Crippen LogP contribution >= 0.6 is 15.9 Å². The lowest BCUT2D eigenvalue weighted by Crippen LogP contribution is -2.35. The number of hydrazine groups is 1. The number of halogens is 1. The van der Waals surface area contributed by atoms with E-state index in [0.717, 1.165) is 10.0 Å². The number of nitrogens with one attached hydrogen (secondary N) is 1. The predicted octanol–water partition coefficient (Wildman–Crippen LogP) is 3.47. The Hall–Kier alpha value is -2.66. The van der Waals surface area contributed by atoms with Crippen molar-refractivity contribution in [1.29, 1.82) is 0 Å². The molecule has 0 aliphatic carbocycles. The minimum absolute atomic E-state index is 0.108. The SMILES string of the molecule is O=C1NN(c2ccccc2)C(=O)C1=CC=Cc1ccccc1Br. The van der Waals surface area contributed by atoms with Crippen LogP contribution in [0.4, 0.5) is 5.69 Å². The summed E-state index contributed by atoms with van der Waals surface area (Å²) in [6.45, 7) is 0. The van der Waals surface area contributed by atoms with Crippen molar-refractivity contribution in [3.05, 3.63) is 82.4 Å². The van der Waals surface area contributed by atoms with Gasteiger partial charge in [-0.15, -0.1) is 0 Å². The van der Waals surface area contributed by atoms with Gasteiger partial charge < -0.3 is 0 Å². The number of para-hydroxylation sites is 1. The predicted molar refractivity (Wildman–Crippen MR) is 93.3 cm³/mol. The monoisotopic (exact) mass is 368 g/mol. The van der Waals surface area contributed by atoms with Crippen LogP contribution in [-0.2, 0) is 9.59 Å². The maximum Gasteiger partial charge on any atom is 0.282 e. The van der Waals surface area contributed by atoms with Crippen molar-refractivity contribution in [1.82, 2.24) is 5.43 Å². The summed E-state index contributed by atoms with van der Waals surface area (Å²) in [4.78, 5) is 24.3. The van der Waals surface area contributed by atoms with E-state index in [4.69, 9.17) is 0 Å². The lowest BCUT2D eigenvalue weighted by atomic mass is 10.2. The number of hydrogen-bond donors (Lipinski definition) is 1. The molecule has 0 bridgehead atoms. The molecule has 23 heavy (non-hydrogen) atoms. The van der Waals surface area contributed by atoms with Crippen LogP contribution in [0.2, 0.25) is 0 Å². The molecule has 1 aliphatic heterocycles. The fourth-order valence-electron chi connectivity index (χ4n) is 2.19. The third kappa shape index (κ3) is 3.24. The molecule has 0 saturated carbocycles. The topological polar surface area (TPSA) is 49.4 Å². The van der Waals surface area contributed by atoms with E-state index < -0.39 is 5.91 Å². The molecule has 1 fully saturated rings. The molecule has 2 aromatic carbocycles. The highest BCUT2D eigenvalue weighted by molar-refractivity contribution is 9.10. The van der Waals surface area contributed by atoms with Crippen LogP contribution in [0.5, 0.6) is 0 Å². The Morgan fingerprint density at radius 1 is 0.957 bits per heavy atom. The van der Waals surface area contributed by atoms with Crippen molar-refractivity contribution in [3.8, 4) is 0 Å². The highest BCUT2D eigenvalue weighted by atomic mass is 79.9. The van der Waals surface area contributed by atoms with Crippen LogP contribution in [-0.4, -0.2) is 11.8 Å². The summed E-state index contributed by atoms with van der Waals surface area (Å²) in [7, 11) is 0. The summed E-state index contributed by atoms with van der Waals surface area (Å²) in [6, 6.07) is 16.7. The summed E-state index contributed by atoms with van der Waals surface area (Å²) < 4.78 is 0.947. The summed E-state index contributed by atoms with van der Waals surface area (Å²) in [6.07, 6.45) is 5.06. The van der Waals surface area contributed by atoms with Gasteiger partial charge in [-0.2, -0.15) is 0 Å². The van der Waals surface area contributed by atoms with Gasteiger partial charge in [-0.3, -0.25) is 15.0 Å². The van der Waals surface area contributed by atoms with Gasteiger partial charge in [-0.05, 0) is 29.8 Å². The van der Waals surface area contributed by atoms with Crippen molar-refractivity contribution in [2.45, 2.75) is 0 Å². The van der Waals surface area contributed by atoms with Crippen molar-refractivity contribution in [2.24, 2.45) is 0 Å². The smallest absolute Gasteiger partial charge is 0.267 e. The molecule has 2 aromatic rings. The van der Waals surface area contributed by atoms with Crippen LogP contribution in [0.25, 0.3) is 6.08 Å². The van der Waals surface area contributed by atoms with Crippen molar-refractivity contribution in [3.63, 3.8) is 0 Å². The zero-order valence-corrected chi connectivity index (χ0v) is 13.7. The number of hydrogen-bond acceptors (Lipinski definition) is 2. The lowest BCUT2D eigenvalue weighted by molar-refractivity contribution is -0.117. The molecule has 114 valence electrons. The molecule has 2 amide bonds. The van der Waals surface area contributed by atoms with Gasteiger partial charge in [0.15, 0.2) is 0 Å². The number of anilines is 1. The Balaban J connectivity index is 1.82. The van der Waals surface area contributed by atoms with Gasteiger partial charge >= 0.3 is 0 Å². The second-order valence-corrected chi connectivity index (χ2v) is 5.73. The number of carbonyl (C=O) groups is 2. The molecule has 1 N–H and O–H groups in total. The maximum absolute atomic E-state index is 12.4. The highest BCUT2D eigenvalue weighted by Gasteiger charge is 2.33. The summed E-state index contributed by atoms with van der Waals surface area (Å²) in [5.74, 6) is -0.770. The van der Waals surface area contributed by atoms with Gasteiger partial charge in [-0.1, -0.05) is 64.5 Å². The Morgan fingerprint density at radius 2 is 1.65 bits per heavy atom. The van der Waals surface area contributed by atoms with Crippen molar-refractivity contribution < 1.29 is 9.59 Å². The van der Waals surface area contributed by atoms with Gasteiger partial charge in [0, 0.05) is 4.47 Å². The number of carbonyl (C=O) groups excluding carboxylic acids is 2. The number of amides is 2. The first kappa shape index (κ1) is 15.2. The minimum atomic E-state index is -0.407. The van der Waals surface area contributed by atoms with Crippen molar-refractivity contribution >= 4 is 39.5 Å². The van der Waals surface area contributed by atoms with Gasteiger partial charge in [0.25, 0.3) is 11.8 Å². The maximum atomic E-state index is 12.4. The van der Waals surface area contributed by atoms with Crippen LogP contribution in [0.3, 0.4) is 0 Å². The number of nitrogens with zero attached hydrogens (tertiary/aromatic N) is 1. The van der Waals surface area contributed by atoms with E-state index in [-0.39, 0.29) is 11.5 Å². The van der Waals surface area contributed by atoms with E-state index in [1.807, 2.05) is 48.5 Å². The standard InChI is InChI=1S/C18H13BrN2O2/c19-16-12-5-4-7-13(16)8-6-11-15-17(22)20-21(18(15)23)14-9-2-1-3-10-14/h1-12H,(H,20,22). The molecule has 0 spiro atoms. The minimum Gasteiger partial charge on any atom is -0.267 e. The fraction of sp³-hybridized carbons (Fsp3) is 0. The molecule has 4 nitrogen and oxygen atoms in total. The molecule has 0 unspecified atom stereocenters. The van der Waals surface area contributed by atoms with Crippen LogP contribution in [0.15, 0.2) is 76.8 Å². The highest BCUT2D eigenvalue weighted by Crippen LogP contribution is 2.20. The fourth-order valence-corrected chi connectivity index (χ4v) is 2.61. The normalized spacial score (nSPS) is 16.4. The van der Waals surface area contributed by atoms with E-state index in [1.165, 1.54) is 11.1 Å². The molecular weight excluding hydrogens is 356 g/mol. The molecule has 5 heteroatoms. The average molecular weight is 369 g/mol. The first-order valence-corrected chi connectivity index (χ1v) is 7.79. The largest absolute Gasteiger partial charge is 0.282 e. The van der Waals surface area contributed by atoms with Crippen molar-refractivity contribution in [2.75, 3.05) is 5.01 Å². The molecule has 1 heterocycles. The molecule has 1 aliphatic rings. The second kappa shape index (κ2) is 6.62. The van der Waals surface area contributed by atoms with Crippen LogP contribution in [0, 0.1) is 0 Å². The van der Waals surface area contributed by atoms with Gasteiger partial charge in [0.2, 0.25) is 0 Å². The first-order valence-electron chi connectivity index (χ1n) is 7.00. The third-order valence-electron chi connectivity index (χ3n) is 3.35. The summed E-state index contributed by atoms with van der Waals surface area (Å²) in [5, 5.41) is 1.25. The van der Waals surface area contributed by atoms with Gasteiger partial charge in [-0.25, -0.2) is 5.01 Å². The second-order valence-electron chi connectivity index (χ2n) is 4.88. The molecule has 0 radical (unpaired) electrons. The molecule has 1 saturated heterocycles. The van der Waals surface area contributed by atoms with Gasteiger partial charge in [0.1, 0.15) is 5.57 Å². The zero-order chi connectivity index (χ0) is 16.2.